The van der Waals surface area contributed by atoms with Gasteiger partial charge in [0.2, 0.25) is 0 Å². The first kappa shape index (κ1) is 20.3. The zero-order chi connectivity index (χ0) is 20.8. The van der Waals surface area contributed by atoms with Gasteiger partial charge in [-0.25, -0.2) is 4.79 Å². The molecule has 28 heavy (non-hydrogen) atoms. The van der Waals surface area contributed by atoms with Gasteiger partial charge in [-0.3, -0.25) is 25.0 Å². The Balaban J connectivity index is 2.30. The molecular formula is C17H15N3O8. The smallest absolute Gasteiger partial charge is 0.328 e. The number of hydrogen-bond donors (Lipinski definition) is 2. The number of hydrogen-bond acceptors (Lipinski definition) is 8. The van der Waals surface area contributed by atoms with Crippen molar-refractivity contribution in [3.05, 3.63) is 73.8 Å². The van der Waals surface area contributed by atoms with Gasteiger partial charge in [0.1, 0.15) is 17.4 Å². The number of nitro benzene ring substituents is 2. The average molecular weight is 389 g/mol. The Labute approximate surface area is 157 Å². The van der Waals surface area contributed by atoms with Gasteiger partial charge in [-0.05, 0) is 23.8 Å². The third-order valence-electron chi connectivity index (χ3n) is 3.80. The van der Waals surface area contributed by atoms with Crippen molar-refractivity contribution in [2.75, 3.05) is 7.11 Å². The summed E-state index contributed by atoms with van der Waals surface area (Å²) in [5, 5.41) is 33.6. The van der Waals surface area contributed by atoms with Crippen LogP contribution in [0.5, 0.6) is 5.75 Å². The highest BCUT2D eigenvalue weighted by Gasteiger charge is 2.28. The van der Waals surface area contributed by atoms with Crippen LogP contribution in [-0.2, 0) is 16.0 Å². The summed E-state index contributed by atoms with van der Waals surface area (Å²) in [6.07, 6.45) is -0.000524. The van der Waals surface area contributed by atoms with E-state index in [-0.39, 0.29) is 12.2 Å². The zero-order valence-corrected chi connectivity index (χ0v) is 14.5. The molecule has 0 heterocycles. The van der Waals surface area contributed by atoms with Crippen molar-refractivity contribution in [2.24, 2.45) is 0 Å². The molecule has 0 bridgehead atoms. The highest BCUT2D eigenvalue weighted by Crippen LogP contribution is 2.25. The summed E-state index contributed by atoms with van der Waals surface area (Å²) in [5.74, 6) is -1.73. The van der Waals surface area contributed by atoms with Gasteiger partial charge >= 0.3 is 5.97 Å². The molecule has 0 spiro atoms. The molecule has 146 valence electrons. The fourth-order valence-electron chi connectivity index (χ4n) is 2.42. The van der Waals surface area contributed by atoms with Crippen LogP contribution < -0.4 is 5.32 Å². The molecule has 11 heteroatoms. The number of nitro groups is 2. The number of carbonyl (C=O) groups is 2. The Morgan fingerprint density at radius 3 is 2.29 bits per heavy atom. The highest BCUT2D eigenvalue weighted by atomic mass is 16.6. The van der Waals surface area contributed by atoms with E-state index >= 15 is 0 Å². The predicted molar refractivity (Wildman–Crippen MR) is 94.8 cm³/mol. The van der Waals surface area contributed by atoms with E-state index in [9.17, 15) is 34.9 Å². The summed E-state index contributed by atoms with van der Waals surface area (Å²) in [6, 6.07) is 7.26. The van der Waals surface area contributed by atoms with Crippen LogP contribution in [0.2, 0.25) is 0 Å². The molecule has 0 aliphatic carbocycles. The number of rotatable bonds is 7. The van der Waals surface area contributed by atoms with E-state index < -0.39 is 44.7 Å². The fourth-order valence-corrected chi connectivity index (χ4v) is 2.42. The summed E-state index contributed by atoms with van der Waals surface area (Å²) < 4.78 is 4.65. The molecule has 0 saturated heterocycles. The summed E-state index contributed by atoms with van der Waals surface area (Å²) in [6.45, 7) is 0. The lowest BCUT2D eigenvalue weighted by Crippen LogP contribution is -2.43. The maximum Gasteiger partial charge on any atom is 0.328 e. The molecule has 1 amide bonds. The SMILES string of the molecule is COC(=O)[C@H](Cc1ccc(O)cc1)NC(=O)c1ccc([N+](=O)[O-])cc1[N+](=O)[O-]. The molecule has 2 rings (SSSR count). The maximum absolute atomic E-state index is 12.5. The molecule has 2 aromatic rings. The summed E-state index contributed by atoms with van der Waals surface area (Å²) in [4.78, 5) is 44.7. The number of phenols is 1. The predicted octanol–water partition coefficient (Wildman–Crippen LogP) is 1.72. The van der Waals surface area contributed by atoms with Gasteiger partial charge in [-0.15, -0.1) is 0 Å². The lowest BCUT2D eigenvalue weighted by Gasteiger charge is -2.16. The first-order valence-corrected chi connectivity index (χ1v) is 7.82. The van der Waals surface area contributed by atoms with E-state index in [1.54, 1.807) is 0 Å². The van der Waals surface area contributed by atoms with Gasteiger partial charge in [0.25, 0.3) is 17.3 Å². The minimum Gasteiger partial charge on any atom is -0.508 e. The lowest BCUT2D eigenvalue weighted by molar-refractivity contribution is -0.394. The average Bonchev–Trinajstić information content (AvgIpc) is 2.67. The number of ether oxygens (including phenoxy) is 1. The molecule has 11 nitrogen and oxygen atoms in total. The van der Waals surface area contributed by atoms with Crippen LogP contribution in [-0.4, -0.2) is 40.0 Å². The highest BCUT2D eigenvalue weighted by molar-refractivity contribution is 6.00. The van der Waals surface area contributed by atoms with Crippen molar-refractivity contribution in [3.8, 4) is 5.75 Å². The van der Waals surface area contributed by atoms with Gasteiger partial charge in [-0.1, -0.05) is 12.1 Å². The van der Waals surface area contributed by atoms with Crippen molar-refractivity contribution in [1.82, 2.24) is 5.32 Å². The summed E-state index contributed by atoms with van der Waals surface area (Å²) in [7, 11) is 1.12. The molecule has 0 radical (unpaired) electrons. The van der Waals surface area contributed by atoms with Crippen LogP contribution in [0.1, 0.15) is 15.9 Å². The number of esters is 1. The number of aromatic hydroxyl groups is 1. The van der Waals surface area contributed by atoms with E-state index in [1.165, 1.54) is 24.3 Å². The number of non-ortho nitro benzene ring substituents is 1. The van der Waals surface area contributed by atoms with Crippen LogP contribution in [0.15, 0.2) is 42.5 Å². The fraction of sp³-hybridized carbons (Fsp3) is 0.176. The molecule has 2 aromatic carbocycles. The first-order valence-electron chi connectivity index (χ1n) is 7.82. The Morgan fingerprint density at radius 1 is 1.11 bits per heavy atom. The van der Waals surface area contributed by atoms with Crippen molar-refractivity contribution >= 4 is 23.3 Å². The molecule has 0 aliphatic rings. The van der Waals surface area contributed by atoms with E-state index in [4.69, 9.17) is 0 Å². The third-order valence-corrected chi connectivity index (χ3v) is 3.80. The van der Waals surface area contributed by atoms with Gasteiger partial charge in [0.15, 0.2) is 0 Å². The monoisotopic (exact) mass is 389 g/mol. The number of carbonyl (C=O) groups excluding carboxylic acids is 2. The van der Waals surface area contributed by atoms with E-state index in [2.05, 4.69) is 10.1 Å². The van der Waals surface area contributed by atoms with Gasteiger partial charge in [0, 0.05) is 12.5 Å². The largest absolute Gasteiger partial charge is 0.508 e. The maximum atomic E-state index is 12.5. The molecular weight excluding hydrogens is 374 g/mol. The first-order chi connectivity index (χ1) is 13.2. The van der Waals surface area contributed by atoms with Crippen LogP contribution >= 0.6 is 0 Å². The number of phenolic OH excluding ortho intramolecular Hbond substituents is 1. The molecule has 0 unspecified atom stereocenters. The second-order valence-corrected chi connectivity index (χ2v) is 5.64. The van der Waals surface area contributed by atoms with E-state index in [1.807, 2.05) is 0 Å². The van der Waals surface area contributed by atoms with Gasteiger partial charge in [-0.2, -0.15) is 0 Å². The minimum atomic E-state index is -1.17. The quantitative estimate of drug-likeness (QED) is 0.411. The van der Waals surface area contributed by atoms with Gasteiger partial charge in [0.05, 0.1) is 23.0 Å². The van der Waals surface area contributed by atoms with Crippen molar-refractivity contribution in [3.63, 3.8) is 0 Å². The number of nitrogens with zero attached hydrogens (tertiary/aromatic N) is 2. The summed E-state index contributed by atoms with van der Waals surface area (Å²) in [5.41, 5.74) is -1.15. The van der Waals surface area contributed by atoms with Crippen LogP contribution in [0.25, 0.3) is 0 Å². The second kappa shape index (κ2) is 8.58. The lowest BCUT2D eigenvalue weighted by atomic mass is 10.0. The third kappa shape index (κ3) is 4.78. The molecule has 0 aromatic heterocycles. The minimum absolute atomic E-state index is 0.000524. The number of methoxy groups -OCH3 is 1. The van der Waals surface area contributed by atoms with Gasteiger partial charge < -0.3 is 15.2 Å². The zero-order valence-electron chi connectivity index (χ0n) is 14.5. The molecule has 2 N–H and O–H groups in total. The number of benzene rings is 2. The Hall–Kier alpha value is -4.02. The Bertz CT molecular complexity index is 926. The Kier molecular flexibility index (Phi) is 6.22. The number of amides is 1. The second-order valence-electron chi connectivity index (χ2n) is 5.64. The Morgan fingerprint density at radius 2 is 1.75 bits per heavy atom. The van der Waals surface area contributed by atoms with Crippen LogP contribution in [0.4, 0.5) is 11.4 Å². The van der Waals surface area contributed by atoms with E-state index in [0.717, 1.165) is 19.2 Å². The summed E-state index contributed by atoms with van der Waals surface area (Å²) >= 11 is 0. The molecule has 0 fully saturated rings. The van der Waals surface area contributed by atoms with Crippen molar-refractivity contribution < 1.29 is 29.3 Å². The van der Waals surface area contributed by atoms with Crippen molar-refractivity contribution in [2.45, 2.75) is 12.5 Å². The standard InChI is InChI=1S/C17H15N3O8/c1-28-17(23)14(8-10-2-5-12(21)6-3-10)18-16(22)13-7-4-11(19(24)25)9-15(13)20(26)27/h2-7,9,14,21H,8H2,1H3,(H,18,22)/t14-/m0/s1. The molecule has 1 atom stereocenters. The van der Waals surface area contributed by atoms with Crippen molar-refractivity contribution in [1.29, 1.82) is 0 Å². The van der Waals surface area contributed by atoms with E-state index in [0.29, 0.717) is 11.6 Å². The normalized spacial score (nSPS) is 11.3. The molecule has 0 aliphatic heterocycles. The van der Waals surface area contributed by atoms with Crippen LogP contribution in [0, 0.1) is 20.2 Å². The molecule has 0 saturated carbocycles. The van der Waals surface area contributed by atoms with Crippen LogP contribution in [0.3, 0.4) is 0 Å². The topological polar surface area (TPSA) is 162 Å². The number of nitrogens with one attached hydrogen (secondary N) is 1.